The van der Waals surface area contributed by atoms with Gasteiger partial charge in [0.15, 0.2) is 0 Å². The number of fused-ring (bicyclic) bond motifs is 1. The molecule has 1 N–H and O–H groups in total. The highest BCUT2D eigenvalue weighted by Gasteiger charge is 2.31. The van der Waals surface area contributed by atoms with E-state index in [1.807, 2.05) is 29.3 Å². The molecule has 2 saturated heterocycles. The van der Waals surface area contributed by atoms with E-state index in [1.165, 1.54) is 5.56 Å². The molecule has 1 aromatic heterocycles. The molecule has 1 unspecified atom stereocenters. The van der Waals surface area contributed by atoms with E-state index >= 15 is 0 Å². The van der Waals surface area contributed by atoms with Crippen LogP contribution in [0.4, 0.5) is 10.5 Å². The molecule has 7 heteroatoms. The van der Waals surface area contributed by atoms with Crippen molar-refractivity contribution >= 4 is 17.6 Å². The third-order valence-electron chi connectivity index (χ3n) is 6.66. The summed E-state index contributed by atoms with van der Waals surface area (Å²) in [5.74, 6) is 0.604. The van der Waals surface area contributed by atoms with E-state index in [-0.39, 0.29) is 18.0 Å². The number of piperidine rings is 1. The van der Waals surface area contributed by atoms with Crippen molar-refractivity contribution in [3.8, 4) is 0 Å². The molecule has 2 fully saturated rings. The Balaban J connectivity index is 1.13. The van der Waals surface area contributed by atoms with Crippen molar-refractivity contribution in [2.75, 3.05) is 25.0 Å². The Labute approximate surface area is 182 Å². The Morgan fingerprint density at radius 1 is 0.968 bits per heavy atom. The summed E-state index contributed by atoms with van der Waals surface area (Å²) in [6, 6.07) is 10.0. The third-order valence-corrected chi connectivity index (χ3v) is 6.66. The van der Waals surface area contributed by atoms with Gasteiger partial charge < -0.3 is 19.9 Å². The number of hydrogen-bond donors (Lipinski definition) is 1. The smallest absolute Gasteiger partial charge is 0.322 e. The second kappa shape index (κ2) is 8.67. The largest absolute Gasteiger partial charge is 0.368 e. The second-order valence-corrected chi connectivity index (χ2v) is 8.65. The molecular formula is C24H28N4O3. The molecule has 3 aliphatic heterocycles. The first-order chi connectivity index (χ1) is 15.2. The van der Waals surface area contributed by atoms with E-state index in [0.29, 0.717) is 25.6 Å². The molecule has 7 nitrogen and oxygen atoms in total. The first-order valence-corrected chi connectivity index (χ1v) is 11.2. The maximum absolute atomic E-state index is 12.6. The summed E-state index contributed by atoms with van der Waals surface area (Å²) in [5.41, 5.74) is 4.33. The van der Waals surface area contributed by atoms with Gasteiger partial charge >= 0.3 is 6.03 Å². The van der Waals surface area contributed by atoms with Gasteiger partial charge in [-0.25, -0.2) is 4.79 Å². The van der Waals surface area contributed by atoms with Gasteiger partial charge in [0.25, 0.3) is 5.91 Å². The van der Waals surface area contributed by atoms with Crippen LogP contribution in [-0.4, -0.2) is 52.5 Å². The highest BCUT2D eigenvalue weighted by Crippen LogP contribution is 2.30. The van der Waals surface area contributed by atoms with E-state index in [4.69, 9.17) is 4.74 Å². The predicted molar refractivity (Wildman–Crippen MR) is 116 cm³/mol. The Morgan fingerprint density at radius 3 is 2.45 bits per heavy atom. The summed E-state index contributed by atoms with van der Waals surface area (Å²) < 4.78 is 5.55. The van der Waals surface area contributed by atoms with Crippen molar-refractivity contribution in [1.29, 1.82) is 0 Å². The van der Waals surface area contributed by atoms with Gasteiger partial charge in [-0.05, 0) is 66.5 Å². The van der Waals surface area contributed by atoms with Crippen molar-refractivity contribution < 1.29 is 14.3 Å². The van der Waals surface area contributed by atoms with Gasteiger partial charge in [-0.1, -0.05) is 12.1 Å². The monoisotopic (exact) mass is 420 g/mol. The maximum atomic E-state index is 12.6. The number of carbonyl (C=O) groups excluding carboxylic acids is 2. The molecule has 5 rings (SSSR count). The van der Waals surface area contributed by atoms with Crippen molar-refractivity contribution in [3.63, 3.8) is 0 Å². The van der Waals surface area contributed by atoms with Crippen molar-refractivity contribution in [2.45, 2.75) is 50.8 Å². The summed E-state index contributed by atoms with van der Waals surface area (Å²) in [7, 11) is 0. The molecular weight excluding hydrogens is 392 g/mol. The molecule has 0 aliphatic carbocycles. The topological polar surface area (TPSA) is 74.8 Å². The Kier molecular flexibility index (Phi) is 5.59. The fraction of sp³-hybridized carbons (Fsp3) is 0.458. The summed E-state index contributed by atoms with van der Waals surface area (Å²) >= 11 is 0. The minimum Gasteiger partial charge on any atom is -0.368 e. The first-order valence-electron chi connectivity index (χ1n) is 11.2. The second-order valence-electron chi connectivity index (χ2n) is 8.65. The molecule has 0 bridgehead atoms. The van der Waals surface area contributed by atoms with Crippen molar-refractivity contribution in [3.05, 3.63) is 59.4 Å². The molecule has 3 aliphatic rings. The van der Waals surface area contributed by atoms with Crippen molar-refractivity contribution in [1.82, 2.24) is 14.8 Å². The fourth-order valence-electron chi connectivity index (χ4n) is 4.81. The molecule has 2 aromatic rings. The number of benzene rings is 1. The lowest BCUT2D eigenvalue weighted by Crippen LogP contribution is -2.43. The van der Waals surface area contributed by atoms with Crippen LogP contribution in [0.1, 0.15) is 48.3 Å². The zero-order valence-electron chi connectivity index (χ0n) is 17.6. The molecule has 0 saturated carbocycles. The van der Waals surface area contributed by atoms with Crippen molar-refractivity contribution in [2.24, 2.45) is 0 Å². The minimum atomic E-state index is -0.223. The quantitative estimate of drug-likeness (QED) is 0.825. The SMILES string of the molecule is O=C(Nc1ccc(C2CCN(C(=O)C3CCCO3)CC2)cc1)N1Cc2ccncc2C1. The predicted octanol–water partition coefficient (Wildman–Crippen LogP) is 3.51. The van der Waals surface area contributed by atoms with Crippen LogP contribution >= 0.6 is 0 Å². The zero-order chi connectivity index (χ0) is 21.2. The molecule has 162 valence electrons. The molecule has 0 spiro atoms. The van der Waals surface area contributed by atoms with Gasteiger partial charge in [0, 0.05) is 50.9 Å². The number of carbonyl (C=O) groups is 2. The number of pyridine rings is 1. The highest BCUT2D eigenvalue weighted by atomic mass is 16.5. The van der Waals surface area contributed by atoms with Gasteiger partial charge in [-0.2, -0.15) is 0 Å². The van der Waals surface area contributed by atoms with Gasteiger partial charge in [0.05, 0.1) is 0 Å². The molecule has 1 atom stereocenters. The first kappa shape index (κ1) is 20.0. The van der Waals surface area contributed by atoms with Gasteiger partial charge in [0.1, 0.15) is 6.10 Å². The highest BCUT2D eigenvalue weighted by molar-refractivity contribution is 5.89. The number of aromatic nitrogens is 1. The molecule has 0 radical (unpaired) electrons. The summed E-state index contributed by atoms with van der Waals surface area (Å²) in [6.07, 6.45) is 7.14. The van der Waals surface area contributed by atoms with Crippen LogP contribution in [0.2, 0.25) is 0 Å². The van der Waals surface area contributed by atoms with E-state index in [0.717, 1.165) is 55.6 Å². The average molecular weight is 421 g/mol. The number of urea groups is 1. The third kappa shape index (κ3) is 4.28. The van der Waals surface area contributed by atoms with E-state index < -0.39 is 0 Å². The number of rotatable bonds is 3. The summed E-state index contributed by atoms with van der Waals surface area (Å²) in [4.78, 5) is 33.0. The number of nitrogens with zero attached hydrogens (tertiary/aromatic N) is 3. The van der Waals surface area contributed by atoms with Crippen LogP contribution in [0.3, 0.4) is 0 Å². The summed E-state index contributed by atoms with van der Waals surface area (Å²) in [6.45, 7) is 3.48. The van der Waals surface area contributed by atoms with Gasteiger partial charge in [-0.3, -0.25) is 9.78 Å². The number of amides is 3. The molecule has 1 aromatic carbocycles. The Hall–Kier alpha value is -2.93. The van der Waals surface area contributed by atoms with E-state index in [9.17, 15) is 9.59 Å². The molecule has 3 amide bonds. The van der Waals surface area contributed by atoms with E-state index in [1.54, 1.807) is 11.1 Å². The van der Waals surface area contributed by atoms with Crippen LogP contribution < -0.4 is 5.32 Å². The lowest BCUT2D eigenvalue weighted by molar-refractivity contribution is -0.142. The number of ether oxygens (including phenoxy) is 1. The van der Waals surface area contributed by atoms with Crippen LogP contribution in [0, 0.1) is 0 Å². The Bertz CT molecular complexity index is 923. The lowest BCUT2D eigenvalue weighted by Gasteiger charge is -2.33. The van der Waals surface area contributed by atoms with Crippen LogP contribution in [-0.2, 0) is 22.6 Å². The minimum absolute atomic E-state index is 0.0927. The molecule has 31 heavy (non-hydrogen) atoms. The normalized spacial score (nSPS) is 21.2. The Morgan fingerprint density at radius 2 is 1.74 bits per heavy atom. The zero-order valence-corrected chi connectivity index (χ0v) is 17.6. The molecule has 4 heterocycles. The van der Waals surface area contributed by atoms with Crippen LogP contribution in [0.25, 0.3) is 0 Å². The lowest BCUT2D eigenvalue weighted by atomic mass is 9.89. The maximum Gasteiger partial charge on any atom is 0.322 e. The van der Waals surface area contributed by atoms with Crippen LogP contribution in [0.5, 0.6) is 0 Å². The standard InChI is InChI=1S/C24H28N4O3/c29-23(22-2-1-13-31-22)27-11-8-18(9-12-27)17-3-5-21(6-4-17)26-24(30)28-15-19-7-10-25-14-20(19)16-28/h3-7,10,14,18,22H,1-2,8-9,11-13,15-16H2,(H,26,30). The number of hydrogen-bond acceptors (Lipinski definition) is 4. The fourth-order valence-corrected chi connectivity index (χ4v) is 4.81. The number of nitrogens with one attached hydrogen (secondary N) is 1. The van der Waals surface area contributed by atoms with Gasteiger partial charge in [0.2, 0.25) is 0 Å². The number of likely N-dealkylation sites (tertiary alicyclic amines) is 1. The van der Waals surface area contributed by atoms with Gasteiger partial charge in [-0.15, -0.1) is 0 Å². The van der Waals surface area contributed by atoms with E-state index in [2.05, 4.69) is 22.4 Å². The average Bonchev–Trinajstić information content (AvgIpc) is 3.49. The van der Waals surface area contributed by atoms with Crippen LogP contribution in [0.15, 0.2) is 42.7 Å². The number of anilines is 1. The summed E-state index contributed by atoms with van der Waals surface area (Å²) in [5, 5.41) is 3.00.